The average Bonchev–Trinajstić information content (AvgIpc) is 2.67. The van der Waals surface area contributed by atoms with Gasteiger partial charge >= 0.3 is 0 Å². The van der Waals surface area contributed by atoms with E-state index in [2.05, 4.69) is 17.1 Å². The highest BCUT2D eigenvalue weighted by Crippen LogP contribution is 2.34. The third kappa shape index (κ3) is 2.08. The Labute approximate surface area is 88.8 Å². The van der Waals surface area contributed by atoms with Gasteiger partial charge in [0.25, 0.3) is 0 Å². The van der Waals surface area contributed by atoms with Gasteiger partial charge in [-0.05, 0) is 31.6 Å². The molecule has 78 valence electrons. The maximum absolute atomic E-state index is 5.62. The van der Waals surface area contributed by atoms with Crippen molar-refractivity contribution < 1.29 is 4.52 Å². The van der Waals surface area contributed by atoms with E-state index in [1.165, 1.54) is 25.7 Å². The maximum atomic E-state index is 5.62. The first-order valence-corrected chi connectivity index (χ1v) is 5.71. The first-order valence-electron chi connectivity index (χ1n) is 5.18. The minimum atomic E-state index is 0.340. The van der Waals surface area contributed by atoms with Gasteiger partial charge in [0.2, 0.25) is 5.89 Å². The van der Waals surface area contributed by atoms with Crippen molar-refractivity contribution in [2.24, 2.45) is 5.92 Å². The number of alkyl halides is 1. The summed E-state index contributed by atoms with van der Waals surface area (Å²) in [5.41, 5.74) is 0. The molecule has 0 unspecified atom stereocenters. The van der Waals surface area contributed by atoms with Crippen LogP contribution in [0.5, 0.6) is 0 Å². The Morgan fingerprint density at radius 3 is 2.64 bits per heavy atom. The van der Waals surface area contributed by atoms with Crippen LogP contribution in [0.2, 0.25) is 0 Å². The Hall–Kier alpha value is -0.570. The molecule has 0 bridgehead atoms. The van der Waals surface area contributed by atoms with Gasteiger partial charge in [-0.1, -0.05) is 12.1 Å². The fourth-order valence-corrected chi connectivity index (χ4v) is 2.10. The molecule has 1 heterocycles. The number of hydrogen-bond donors (Lipinski definition) is 0. The summed E-state index contributed by atoms with van der Waals surface area (Å²) in [5, 5.41) is 3.81. The van der Waals surface area contributed by atoms with E-state index >= 15 is 0 Å². The maximum Gasteiger partial charge on any atom is 0.229 e. The van der Waals surface area contributed by atoms with Crippen molar-refractivity contribution >= 4 is 11.6 Å². The van der Waals surface area contributed by atoms with Crippen LogP contribution in [0.1, 0.15) is 50.2 Å². The van der Waals surface area contributed by atoms with Gasteiger partial charge in [-0.15, -0.1) is 11.6 Å². The predicted molar refractivity (Wildman–Crippen MR) is 54.2 cm³/mol. The molecule has 2 rings (SSSR count). The third-order valence-corrected chi connectivity index (χ3v) is 3.21. The lowest BCUT2D eigenvalue weighted by atomic mass is 9.83. The number of halogens is 1. The molecule has 1 aromatic rings. The molecule has 4 heteroatoms. The molecule has 1 saturated carbocycles. The summed E-state index contributed by atoms with van der Waals surface area (Å²) in [7, 11) is 0. The van der Waals surface area contributed by atoms with Crippen molar-refractivity contribution in [3.8, 4) is 0 Å². The topological polar surface area (TPSA) is 38.9 Å². The molecule has 1 aliphatic rings. The lowest BCUT2D eigenvalue weighted by Gasteiger charge is -2.22. The quantitative estimate of drug-likeness (QED) is 0.711. The summed E-state index contributed by atoms with van der Waals surface area (Å²) < 4.78 is 5.18. The molecule has 0 saturated heterocycles. The third-order valence-electron chi connectivity index (χ3n) is 2.97. The SMILES string of the molecule is CC1CCC(c2nc(CCl)no2)CC1. The van der Waals surface area contributed by atoms with Crippen molar-refractivity contribution in [2.75, 3.05) is 0 Å². The van der Waals surface area contributed by atoms with Crippen LogP contribution in [-0.4, -0.2) is 10.1 Å². The van der Waals surface area contributed by atoms with Crippen LogP contribution in [0.15, 0.2) is 4.52 Å². The molecule has 0 N–H and O–H groups in total. The summed E-state index contributed by atoms with van der Waals surface area (Å²) in [4.78, 5) is 4.27. The molecule has 1 aliphatic carbocycles. The van der Waals surface area contributed by atoms with Crippen molar-refractivity contribution in [3.63, 3.8) is 0 Å². The van der Waals surface area contributed by atoms with E-state index < -0.39 is 0 Å². The summed E-state index contributed by atoms with van der Waals surface area (Å²) in [6.45, 7) is 2.30. The van der Waals surface area contributed by atoms with Crippen LogP contribution in [0.25, 0.3) is 0 Å². The first kappa shape index (κ1) is 9.97. The molecule has 0 atom stereocenters. The molecule has 3 nitrogen and oxygen atoms in total. The lowest BCUT2D eigenvalue weighted by molar-refractivity contribution is 0.280. The molecular formula is C10H15ClN2O. The van der Waals surface area contributed by atoms with Crippen LogP contribution in [0.3, 0.4) is 0 Å². The molecule has 0 spiro atoms. The van der Waals surface area contributed by atoms with E-state index in [0.29, 0.717) is 17.6 Å². The van der Waals surface area contributed by atoms with Gasteiger partial charge in [0.1, 0.15) is 0 Å². The molecular weight excluding hydrogens is 200 g/mol. The molecule has 1 fully saturated rings. The number of rotatable bonds is 2. The van der Waals surface area contributed by atoms with E-state index in [9.17, 15) is 0 Å². The van der Waals surface area contributed by atoms with Gasteiger partial charge in [-0.3, -0.25) is 0 Å². The highest BCUT2D eigenvalue weighted by molar-refractivity contribution is 6.16. The highest BCUT2D eigenvalue weighted by atomic mass is 35.5. The molecule has 1 aromatic heterocycles. The van der Waals surface area contributed by atoms with Crippen molar-refractivity contribution in [3.05, 3.63) is 11.7 Å². The van der Waals surface area contributed by atoms with Crippen LogP contribution in [0.4, 0.5) is 0 Å². The van der Waals surface area contributed by atoms with Crippen LogP contribution in [0, 0.1) is 5.92 Å². The number of aromatic nitrogens is 2. The zero-order valence-electron chi connectivity index (χ0n) is 8.37. The zero-order valence-corrected chi connectivity index (χ0v) is 9.13. The lowest BCUT2D eigenvalue weighted by Crippen LogP contribution is -2.11. The van der Waals surface area contributed by atoms with E-state index in [1.807, 2.05) is 0 Å². The van der Waals surface area contributed by atoms with Gasteiger partial charge in [-0.2, -0.15) is 4.98 Å². The van der Waals surface area contributed by atoms with E-state index in [1.54, 1.807) is 0 Å². The van der Waals surface area contributed by atoms with Gasteiger partial charge in [0.15, 0.2) is 5.82 Å². The molecule has 0 aliphatic heterocycles. The molecule has 0 aromatic carbocycles. The number of nitrogens with zero attached hydrogens (tertiary/aromatic N) is 2. The Kier molecular flexibility index (Phi) is 3.06. The second-order valence-electron chi connectivity index (χ2n) is 4.14. The highest BCUT2D eigenvalue weighted by Gasteiger charge is 2.24. The standard InChI is InChI=1S/C10H15ClN2O/c1-7-2-4-8(5-3-7)10-12-9(6-11)13-14-10/h7-8H,2-6H2,1H3. The van der Waals surface area contributed by atoms with E-state index in [0.717, 1.165) is 11.8 Å². The average molecular weight is 215 g/mol. The van der Waals surface area contributed by atoms with Crippen LogP contribution < -0.4 is 0 Å². The summed E-state index contributed by atoms with van der Waals surface area (Å²) >= 11 is 5.62. The van der Waals surface area contributed by atoms with Crippen molar-refractivity contribution in [1.82, 2.24) is 10.1 Å². The second-order valence-corrected chi connectivity index (χ2v) is 4.41. The monoisotopic (exact) mass is 214 g/mol. The molecule has 0 radical (unpaired) electrons. The van der Waals surface area contributed by atoms with Gasteiger partial charge in [-0.25, -0.2) is 0 Å². The Balaban J connectivity index is 2.01. The largest absolute Gasteiger partial charge is 0.339 e. The Morgan fingerprint density at radius 1 is 1.36 bits per heavy atom. The fraction of sp³-hybridized carbons (Fsp3) is 0.800. The Bertz CT molecular complexity index is 292. The normalized spacial score (nSPS) is 27.9. The van der Waals surface area contributed by atoms with Gasteiger partial charge < -0.3 is 4.52 Å². The summed E-state index contributed by atoms with van der Waals surface area (Å²) in [6.07, 6.45) is 4.88. The van der Waals surface area contributed by atoms with Crippen LogP contribution >= 0.6 is 11.6 Å². The molecule has 14 heavy (non-hydrogen) atoms. The van der Waals surface area contributed by atoms with E-state index in [-0.39, 0.29) is 0 Å². The smallest absolute Gasteiger partial charge is 0.229 e. The molecule has 0 amide bonds. The van der Waals surface area contributed by atoms with Gasteiger partial charge in [0, 0.05) is 5.92 Å². The van der Waals surface area contributed by atoms with Crippen molar-refractivity contribution in [1.29, 1.82) is 0 Å². The minimum Gasteiger partial charge on any atom is -0.339 e. The summed E-state index contributed by atoms with van der Waals surface area (Å²) in [6, 6.07) is 0. The number of hydrogen-bond acceptors (Lipinski definition) is 3. The predicted octanol–water partition coefficient (Wildman–Crippen LogP) is 3.10. The van der Waals surface area contributed by atoms with Crippen molar-refractivity contribution in [2.45, 2.75) is 44.4 Å². The second kappa shape index (κ2) is 4.30. The Morgan fingerprint density at radius 2 is 2.07 bits per heavy atom. The van der Waals surface area contributed by atoms with E-state index in [4.69, 9.17) is 16.1 Å². The minimum absolute atomic E-state index is 0.340. The van der Waals surface area contributed by atoms with Crippen LogP contribution in [-0.2, 0) is 5.88 Å². The zero-order chi connectivity index (χ0) is 9.97. The van der Waals surface area contributed by atoms with Gasteiger partial charge in [0.05, 0.1) is 5.88 Å². The fourth-order valence-electron chi connectivity index (χ4n) is 1.99. The first-order chi connectivity index (χ1) is 6.79. The summed E-state index contributed by atoms with van der Waals surface area (Å²) in [5.74, 6) is 3.05.